The summed E-state index contributed by atoms with van der Waals surface area (Å²) in [6.45, 7) is 3.73. The zero-order valence-corrected chi connectivity index (χ0v) is 19.2. The maximum absolute atomic E-state index is 12.4. The molecule has 0 aliphatic carbocycles. The van der Waals surface area contributed by atoms with Crippen molar-refractivity contribution in [3.63, 3.8) is 0 Å². The minimum atomic E-state index is -4.10. The number of hydrogen-bond donors (Lipinski definition) is 1. The maximum Gasteiger partial charge on any atom is 0.401 e. The van der Waals surface area contributed by atoms with Gasteiger partial charge in [0.2, 0.25) is 0 Å². The number of guanidine groups is 1. The van der Waals surface area contributed by atoms with Crippen molar-refractivity contribution in [2.45, 2.75) is 38.9 Å². The van der Waals surface area contributed by atoms with Gasteiger partial charge in [-0.25, -0.2) is 4.98 Å². The number of aliphatic imine (C=N–C) groups is 1. The Morgan fingerprint density at radius 3 is 2.59 bits per heavy atom. The van der Waals surface area contributed by atoms with Crippen molar-refractivity contribution >= 4 is 41.3 Å². The Morgan fingerprint density at radius 1 is 1.41 bits per heavy atom. The molecule has 5 nitrogen and oxygen atoms in total. The van der Waals surface area contributed by atoms with E-state index in [-0.39, 0.29) is 24.0 Å². The van der Waals surface area contributed by atoms with Crippen LogP contribution in [0.1, 0.15) is 30.0 Å². The predicted octanol–water partition coefficient (Wildman–Crippen LogP) is 3.74. The Bertz CT molecular complexity index is 585. The van der Waals surface area contributed by atoms with Gasteiger partial charge in [0.05, 0.1) is 23.8 Å². The summed E-state index contributed by atoms with van der Waals surface area (Å²) >= 11 is 1.63. The Kier molecular flexibility index (Phi) is 10.3. The van der Waals surface area contributed by atoms with Gasteiger partial charge in [0, 0.05) is 26.0 Å². The fourth-order valence-electron chi connectivity index (χ4n) is 3.26. The summed E-state index contributed by atoms with van der Waals surface area (Å²) in [7, 11) is 3.72. The molecule has 0 spiro atoms. The Labute approximate surface area is 180 Å². The van der Waals surface area contributed by atoms with Crippen LogP contribution in [0.4, 0.5) is 13.2 Å². The summed E-state index contributed by atoms with van der Waals surface area (Å²) in [4.78, 5) is 12.3. The summed E-state index contributed by atoms with van der Waals surface area (Å²) in [5.74, 6) is 1.28. The van der Waals surface area contributed by atoms with Crippen molar-refractivity contribution in [3.05, 3.63) is 16.1 Å². The Balaban J connectivity index is 0.00000364. The summed E-state index contributed by atoms with van der Waals surface area (Å²) in [6.07, 6.45) is -1.50. The SMILES string of the molecule is CN=C(NCCC1CCN(CC(F)(F)F)CC1)N(C)Cc1csc(C)n1.I. The lowest BCUT2D eigenvalue weighted by atomic mass is 9.93. The number of thiazole rings is 1. The predicted molar refractivity (Wildman–Crippen MR) is 115 cm³/mol. The summed E-state index contributed by atoms with van der Waals surface area (Å²) < 4.78 is 37.3. The van der Waals surface area contributed by atoms with Crippen LogP contribution < -0.4 is 5.32 Å². The summed E-state index contributed by atoms with van der Waals surface area (Å²) in [6, 6.07) is 0. The number of piperidine rings is 1. The first-order valence-corrected chi connectivity index (χ1v) is 9.76. The second-order valence-corrected chi connectivity index (χ2v) is 7.87. The van der Waals surface area contributed by atoms with Crippen molar-refractivity contribution in [1.82, 2.24) is 20.1 Å². The van der Waals surface area contributed by atoms with Crippen LogP contribution in [0.2, 0.25) is 0 Å². The van der Waals surface area contributed by atoms with E-state index in [1.165, 1.54) is 4.90 Å². The third-order valence-corrected chi connectivity index (χ3v) is 5.41. The smallest absolute Gasteiger partial charge is 0.356 e. The van der Waals surface area contributed by atoms with Gasteiger partial charge in [-0.1, -0.05) is 0 Å². The van der Waals surface area contributed by atoms with Crippen molar-refractivity contribution in [3.8, 4) is 0 Å². The van der Waals surface area contributed by atoms with Crippen LogP contribution in [-0.4, -0.2) is 67.2 Å². The van der Waals surface area contributed by atoms with E-state index < -0.39 is 12.7 Å². The monoisotopic (exact) mass is 519 g/mol. The van der Waals surface area contributed by atoms with Gasteiger partial charge in [-0.05, 0) is 45.2 Å². The highest BCUT2D eigenvalue weighted by Gasteiger charge is 2.32. The van der Waals surface area contributed by atoms with Gasteiger partial charge in [0.15, 0.2) is 5.96 Å². The molecule has 0 aromatic carbocycles. The molecule has 1 aliphatic rings. The number of halogens is 4. The second kappa shape index (κ2) is 11.4. The highest BCUT2D eigenvalue weighted by molar-refractivity contribution is 14.0. The van der Waals surface area contributed by atoms with Crippen LogP contribution in [0.15, 0.2) is 10.4 Å². The minimum Gasteiger partial charge on any atom is -0.356 e. The normalized spacial score (nSPS) is 16.9. The van der Waals surface area contributed by atoms with Gasteiger partial charge in [-0.3, -0.25) is 9.89 Å². The van der Waals surface area contributed by atoms with Gasteiger partial charge < -0.3 is 10.2 Å². The average molecular weight is 519 g/mol. The molecule has 10 heteroatoms. The molecule has 1 fully saturated rings. The van der Waals surface area contributed by atoms with Crippen LogP contribution in [0.5, 0.6) is 0 Å². The standard InChI is InChI=1S/C17H28F3N5S.HI/c1-13-23-15(11-26-13)10-24(3)16(21-2)22-7-4-14-5-8-25(9-6-14)12-17(18,19)20;/h11,14H,4-10,12H2,1-3H3,(H,21,22);1H. The molecule has 1 saturated heterocycles. The molecule has 2 heterocycles. The molecule has 1 N–H and O–H groups in total. The van der Waals surface area contributed by atoms with Gasteiger partial charge in [0.1, 0.15) is 0 Å². The number of alkyl halides is 3. The molecule has 1 aromatic rings. The molecule has 1 aliphatic heterocycles. The van der Waals surface area contributed by atoms with Crippen molar-refractivity contribution in [2.75, 3.05) is 40.3 Å². The molecule has 1 aromatic heterocycles. The molecular weight excluding hydrogens is 490 g/mol. The molecule has 0 saturated carbocycles. The topological polar surface area (TPSA) is 43.8 Å². The van der Waals surface area contributed by atoms with E-state index in [1.54, 1.807) is 18.4 Å². The van der Waals surface area contributed by atoms with Crippen LogP contribution in [0.25, 0.3) is 0 Å². The lowest BCUT2D eigenvalue weighted by Crippen LogP contribution is -2.42. The van der Waals surface area contributed by atoms with E-state index >= 15 is 0 Å². The van der Waals surface area contributed by atoms with E-state index in [9.17, 15) is 13.2 Å². The van der Waals surface area contributed by atoms with Crippen molar-refractivity contribution < 1.29 is 13.2 Å². The lowest BCUT2D eigenvalue weighted by molar-refractivity contribution is -0.148. The highest BCUT2D eigenvalue weighted by Crippen LogP contribution is 2.24. The number of likely N-dealkylation sites (tertiary alicyclic amines) is 1. The third-order valence-electron chi connectivity index (χ3n) is 4.58. The number of hydrogen-bond acceptors (Lipinski definition) is 4. The summed E-state index contributed by atoms with van der Waals surface area (Å²) in [5, 5.41) is 6.45. The van der Waals surface area contributed by atoms with E-state index in [2.05, 4.69) is 15.3 Å². The zero-order chi connectivity index (χ0) is 19.2. The lowest BCUT2D eigenvalue weighted by Gasteiger charge is -2.32. The van der Waals surface area contributed by atoms with E-state index in [0.29, 0.717) is 25.6 Å². The molecule has 0 bridgehead atoms. The number of nitrogens with one attached hydrogen (secondary N) is 1. The molecule has 2 rings (SSSR count). The third kappa shape index (κ3) is 8.95. The van der Waals surface area contributed by atoms with Crippen molar-refractivity contribution in [2.24, 2.45) is 10.9 Å². The molecule has 0 unspecified atom stereocenters. The van der Waals surface area contributed by atoms with Crippen LogP contribution >= 0.6 is 35.3 Å². The first kappa shape index (κ1) is 24.4. The Hall–Kier alpha value is -0.620. The largest absolute Gasteiger partial charge is 0.401 e. The quantitative estimate of drug-likeness (QED) is 0.354. The highest BCUT2D eigenvalue weighted by atomic mass is 127. The minimum absolute atomic E-state index is 0. The fourth-order valence-corrected chi connectivity index (χ4v) is 3.86. The first-order chi connectivity index (χ1) is 12.3. The Morgan fingerprint density at radius 2 is 2.07 bits per heavy atom. The maximum atomic E-state index is 12.4. The molecule has 0 radical (unpaired) electrons. The van der Waals surface area contributed by atoms with Gasteiger partial charge in [-0.15, -0.1) is 35.3 Å². The van der Waals surface area contributed by atoms with E-state index in [1.807, 2.05) is 24.3 Å². The number of nitrogens with zero attached hydrogens (tertiary/aromatic N) is 4. The van der Waals surface area contributed by atoms with Gasteiger partial charge >= 0.3 is 6.18 Å². The molecule has 0 atom stereocenters. The van der Waals surface area contributed by atoms with Gasteiger partial charge in [-0.2, -0.15) is 13.2 Å². The van der Waals surface area contributed by atoms with Crippen molar-refractivity contribution in [1.29, 1.82) is 0 Å². The van der Waals surface area contributed by atoms with Gasteiger partial charge in [0.25, 0.3) is 0 Å². The molecular formula is C17H29F3IN5S. The molecule has 27 heavy (non-hydrogen) atoms. The molecule has 156 valence electrons. The summed E-state index contributed by atoms with van der Waals surface area (Å²) in [5.41, 5.74) is 1.02. The average Bonchev–Trinajstić information content (AvgIpc) is 2.96. The second-order valence-electron chi connectivity index (χ2n) is 6.81. The van der Waals surface area contributed by atoms with Crippen LogP contribution in [-0.2, 0) is 6.54 Å². The number of aromatic nitrogens is 1. The number of rotatable bonds is 6. The molecule has 0 amide bonds. The van der Waals surface area contributed by atoms with Crippen LogP contribution in [0, 0.1) is 12.8 Å². The number of aryl methyl sites for hydroxylation is 1. The van der Waals surface area contributed by atoms with E-state index in [0.717, 1.165) is 42.5 Å². The fraction of sp³-hybridized carbons (Fsp3) is 0.765. The first-order valence-electron chi connectivity index (χ1n) is 8.88. The van der Waals surface area contributed by atoms with E-state index in [4.69, 9.17) is 0 Å². The van der Waals surface area contributed by atoms with Crippen LogP contribution in [0.3, 0.4) is 0 Å². The zero-order valence-electron chi connectivity index (χ0n) is 16.1.